The Morgan fingerprint density at radius 3 is 2.54 bits per heavy atom. The third-order valence-electron chi connectivity index (χ3n) is 8.34. The molecule has 2 fully saturated rings. The number of hydrogen-bond donors (Lipinski definition) is 1. The molecule has 24 heavy (non-hydrogen) atoms. The van der Waals surface area contributed by atoms with Crippen molar-refractivity contribution in [2.24, 2.45) is 28.6 Å². The first kappa shape index (κ1) is 16.6. The zero-order chi connectivity index (χ0) is 17.3. The van der Waals surface area contributed by atoms with Gasteiger partial charge in [-0.1, -0.05) is 31.1 Å². The SMILES string of the molecule is CC(=O)C1=C(C)C[C@H]2[C@@H]3CC=C4C[C@H](O)CC[C@]4(C)[C@H]3CC[C@]12C. The maximum Gasteiger partial charge on any atom is 0.156 e. The number of rotatable bonds is 1. The lowest BCUT2D eigenvalue weighted by molar-refractivity contribution is -0.115. The van der Waals surface area contributed by atoms with Crippen LogP contribution in [0.15, 0.2) is 22.8 Å². The molecule has 2 nitrogen and oxygen atoms in total. The predicted molar refractivity (Wildman–Crippen MR) is 96.5 cm³/mol. The van der Waals surface area contributed by atoms with E-state index in [2.05, 4.69) is 26.8 Å². The monoisotopic (exact) mass is 328 g/mol. The van der Waals surface area contributed by atoms with Crippen molar-refractivity contribution in [3.8, 4) is 0 Å². The molecular formula is C22H32O2. The molecule has 2 heteroatoms. The standard InChI is InChI=1S/C22H32O2/c1-13-11-19-17-6-5-15-12-16(24)7-9-21(15,3)18(17)8-10-22(19,4)20(13)14(2)23/h5,16-19,24H,6-12H2,1-4H3/t16-,17-,18+,19+,21+,22+/m1/s1. The van der Waals surface area contributed by atoms with Gasteiger partial charge in [0.05, 0.1) is 6.10 Å². The van der Waals surface area contributed by atoms with Gasteiger partial charge in [0.25, 0.3) is 0 Å². The summed E-state index contributed by atoms with van der Waals surface area (Å²) >= 11 is 0. The normalized spacial score (nSPS) is 47.6. The van der Waals surface area contributed by atoms with Crippen molar-refractivity contribution < 1.29 is 9.90 Å². The second kappa shape index (κ2) is 5.30. The smallest absolute Gasteiger partial charge is 0.156 e. The number of aliphatic hydroxyl groups excluding tert-OH is 1. The van der Waals surface area contributed by atoms with Crippen molar-refractivity contribution in [1.82, 2.24) is 0 Å². The fourth-order valence-corrected chi connectivity index (χ4v) is 7.27. The van der Waals surface area contributed by atoms with E-state index in [1.807, 2.05) is 0 Å². The minimum absolute atomic E-state index is 0.104. The average Bonchev–Trinajstić information content (AvgIpc) is 2.78. The second-order valence-electron chi connectivity index (χ2n) is 9.53. The Kier molecular flexibility index (Phi) is 3.66. The largest absolute Gasteiger partial charge is 0.393 e. The summed E-state index contributed by atoms with van der Waals surface area (Å²) < 4.78 is 0. The van der Waals surface area contributed by atoms with E-state index in [9.17, 15) is 9.90 Å². The molecule has 0 aliphatic heterocycles. The van der Waals surface area contributed by atoms with E-state index in [1.54, 1.807) is 6.92 Å². The van der Waals surface area contributed by atoms with Gasteiger partial charge in [-0.3, -0.25) is 4.79 Å². The van der Waals surface area contributed by atoms with Crippen LogP contribution in [0.3, 0.4) is 0 Å². The molecule has 0 radical (unpaired) electrons. The summed E-state index contributed by atoms with van der Waals surface area (Å²) in [6.45, 7) is 8.79. The maximum absolute atomic E-state index is 12.3. The summed E-state index contributed by atoms with van der Waals surface area (Å²) in [7, 11) is 0. The molecule has 0 bridgehead atoms. The van der Waals surface area contributed by atoms with Crippen LogP contribution in [0.25, 0.3) is 0 Å². The third kappa shape index (κ3) is 2.08. The van der Waals surface area contributed by atoms with E-state index in [0.29, 0.717) is 17.6 Å². The maximum atomic E-state index is 12.3. The summed E-state index contributed by atoms with van der Waals surface area (Å²) in [4.78, 5) is 12.3. The third-order valence-corrected chi connectivity index (χ3v) is 8.34. The number of aliphatic hydroxyl groups is 1. The van der Waals surface area contributed by atoms with Crippen LogP contribution in [0.1, 0.15) is 72.6 Å². The molecule has 0 aromatic rings. The van der Waals surface area contributed by atoms with Crippen molar-refractivity contribution in [2.75, 3.05) is 0 Å². The highest BCUT2D eigenvalue weighted by Gasteiger charge is 2.58. The van der Waals surface area contributed by atoms with Gasteiger partial charge in [0.15, 0.2) is 5.78 Å². The van der Waals surface area contributed by atoms with Gasteiger partial charge < -0.3 is 5.11 Å². The Hall–Kier alpha value is -0.890. The lowest BCUT2D eigenvalue weighted by Gasteiger charge is -2.57. The molecule has 0 spiro atoms. The first-order valence-corrected chi connectivity index (χ1v) is 9.86. The van der Waals surface area contributed by atoms with Gasteiger partial charge in [0, 0.05) is 0 Å². The Morgan fingerprint density at radius 1 is 1.12 bits per heavy atom. The summed E-state index contributed by atoms with van der Waals surface area (Å²) in [5, 5.41) is 10.1. The van der Waals surface area contributed by atoms with Gasteiger partial charge in [-0.05, 0) is 93.0 Å². The quantitative estimate of drug-likeness (QED) is 0.700. The van der Waals surface area contributed by atoms with Crippen molar-refractivity contribution in [3.63, 3.8) is 0 Å². The van der Waals surface area contributed by atoms with E-state index in [4.69, 9.17) is 0 Å². The molecule has 0 unspecified atom stereocenters. The van der Waals surface area contributed by atoms with Crippen molar-refractivity contribution in [1.29, 1.82) is 0 Å². The molecule has 0 heterocycles. The summed E-state index contributed by atoms with van der Waals surface area (Å²) in [6.07, 6.45) is 9.99. The Balaban J connectivity index is 1.70. The Bertz CT molecular complexity index is 642. The van der Waals surface area contributed by atoms with Crippen LogP contribution >= 0.6 is 0 Å². The highest BCUT2D eigenvalue weighted by atomic mass is 16.3. The lowest BCUT2D eigenvalue weighted by Crippen LogP contribution is -2.50. The average molecular weight is 328 g/mol. The zero-order valence-electron chi connectivity index (χ0n) is 15.7. The van der Waals surface area contributed by atoms with Gasteiger partial charge >= 0.3 is 0 Å². The fraction of sp³-hybridized carbons (Fsp3) is 0.773. The molecule has 1 N–H and O–H groups in total. The predicted octanol–water partition coefficient (Wildman–Crippen LogP) is 4.83. The zero-order valence-corrected chi connectivity index (χ0v) is 15.7. The number of carbonyl (C=O) groups excluding carboxylic acids is 1. The van der Waals surface area contributed by atoms with Crippen molar-refractivity contribution in [2.45, 2.75) is 78.7 Å². The summed E-state index contributed by atoms with van der Waals surface area (Å²) in [5.41, 5.74) is 4.43. The van der Waals surface area contributed by atoms with Crippen LogP contribution in [0.4, 0.5) is 0 Å². The number of carbonyl (C=O) groups is 1. The van der Waals surface area contributed by atoms with Crippen LogP contribution in [0.5, 0.6) is 0 Å². The number of ketones is 1. The van der Waals surface area contributed by atoms with Crippen LogP contribution in [0.2, 0.25) is 0 Å². The first-order valence-electron chi connectivity index (χ1n) is 9.86. The number of fused-ring (bicyclic) bond motifs is 5. The molecule has 0 amide bonds. The second-order valence-corrected chi connectivity index (χ2v) is 9.53. The highest BCUT2D eigenvalue weighted by molar-refractivity contribution is 5.96. The van der Waals surface area contributed by atoms with E-state index < -0.39 is 0 Å². The van der Waals surface area contributed by atoms with Gasteiger partial charge in [0.2, 0.25) is 0 Å². The molecule has 6 atom stereocenters. The molecule has 4 aliphatic rings. The van der Waals surface area contributed by atoms with Crippen LogP contribution in [-0.4, -0.2) is 17.0 Å². The summed E-state index contributed by atoms with van der Waals surface area (Å²) in [6, 6.07) is 0. The Labute approximate surface area is 146 Å². The molecule has 0 aromatic carbocycles. The minimum atomic E-state index is -0.130. The topological polar surface area (TPSA) is 37.3 Å². The van der Waals surface area contributed by atoms with Gasteiger partial charge in [0.1, 0.15) is 0 Å². The molecule has 4 aliphatic carbocycles. The molecular weight excluding hydrogens is 296 g/mol. The summed E-state index contributed by atoms with van der Waals surface area (Å²) in [5.74, 6) is 2.38. The van der Waals surface area contributed by atoms with E-state index in [1.165, 1.54) is 17.6 Å². The molecule has 0 saturated heterocycles. The minimum Gasteiger partial charge on any atom is -0.393 e. The molecule has 132 valence electrons. The Morgan fingerprint density at radius 2 is 1.83 bits per heavy atom. The lowest BCUT2D eigenvalue weighted by atomic mass is 9.47. The van der Waals surface area contributed by atoms with E-state index in [0.717, 1.165) is 50.0 Å². The van der Waals surface area contributed by atoms with Gasteiger partial charge in [-0.2, -0.15) is 0 Å². The van der Waals surface area contributed by atoms with Gasteiger partial charge in [-0.15, -0.1) is 0 Å². The number of allylic oxidation sites excluding steroid dienone is 3. The van der Waals surface area contributed by atoms with Crippen molar-refractivity contribution >= 4 is 5.78 Å². The van der Waals surface area contributed by atoms with E-state index >= 15 is 0 Å². The van der Waals surface area contributed by atoms with Crippen LogP contribution < -0.4 is 0 Å². The van der Waals surface area contributed by atoms with Crippen molar-refractivity contribution in [3.05, 3.63) is 22.8 Å². The molecule has 2 saturated carbocycles. The molecule has 4 rings (SSSR count). The van der Waals surface area contributed by atoms with Crippen LogP contribution in [0, 0.1) is 28.6 Å². The van der Waals surface area contributed by atoms with E-state index in [-0.39, 0.29) is 16.9 Å². The number of hydrogen-bond acceptors (Lipinski definition) is 2. The fourth-order valence-electron chi connectivity index (χ4n) is 7.27. The van der Waals surface area contributed by atoms with Crippen LogP contribution in [-0.2, 0) is 4.79 Å². The first-order chi connectivity index (χ1) is 11.3. The highest BCUT2D eigenvalue weighted by Crippen LogP contribution is 2.65. The molecule has 0 aromatic heterocycles. The van der Waals surface area contributed by atoms with Gasteiger partial charge in [-0.25, -0.2) is 0 Å². The number of Topliss-reactive ketones (excluding diaryl/α,β-unsaturated/α-hetero) is 1.